The lowest BCUT2D eigenvalue weighted by atomic mass is 10.1. The van der Waals surface area contributed by atoms with Gasteiger partial charge in [-0.25, -0.2) is 4.79 Å². The van der Waals surface area contributed by atoms with Gasteiger partial charge in [0.25, 0.3) is 5.91 Å². The molecule has 2 aromatic carbocycles. The minimum atomic E-state index is -4.72. The highest BCUT2D eigenvalue weighted by atomic mass is 32.2. The third-order valence-electron chi connectivity index (χ3n) is 3.87. The molecule has 0 spiro atoms. The standard InChI is InChI=1S/C19H18F3NO4S/c1-27-18(25)16(11-12-28(26)13-7-3-2-4-8-13)23-17(24)14-9-5-6-10-15(14)19(20,21)22/h2-10,16H,11-12H2,1H3,(H,23,24)/t16-,28-/m0/s1. The highest BCUT2D eigenvalue weighted by molar-refractivity contribution is 7.85. The number of amides is 1. The maximum Gasteiger partial charge on any atom is 0.417 e. The topological polar surface area (TPSA) is 72.5 Å². The van der Waals surface area contributed by atoms with Gasteiger partial charge in [0, 0.05) is 10.6 Å². The monoisotopic (exact) mass is 413 g/mol. The maximum absolute atomic E-state index is 13.1. The highest BCUT2D eigenvalue weighted by Gasteiger charge is 2.35. The highest BCUT2D eigenvalue weighted by Crippen LogP contribution is 2.31. The number of nitrogens with one attached hydrogen (secondary N) is 1. The molecule has 2 atom stereocenters. The summed E-state index contributed by atoms with van der Waals surface area (Å²) in [5.74, 6) is -1.87. The number of carbonyl (C=O) groups excluding carboxylic acids is 2. The Labute approximate surface area is 162 Å². The molecule has 0 unspecified atom stereocenters. The lowest BCUT2D eigenvalue weighted by molar-refractivity contribution is -0.142. The molecule has 2 aromatic rings. The molecule has 0 aromatic heterocycles. The largest absolute Gasteiger partial charge is 0.467 e. The second kappa shape index (κ2) is 9.50. The van der Waals surface area contributed by atoms with Crippen LogP contribution in [0.1, 0.15) is 22.3 Å². The predicted molar refractivity (Wildman–Crippen MR) is 97.0 cm³/mol. The summed E-state index contributed by atoms with van der Waals surface area (Å²) in [6, 6.07) is 11.5. The molecule has 9 heteroatoms. The molecule has 1 amide bonds. The van der Waals surface area contributed by atoms with Crippen molar-refractivity contribution in [1.29, 1.82) is 0 Å². The first-order valence-electron chi connectivity index (χ1n) is 8.22. The van der Waals surface area contributed by atoms with E-state index in [0.29, 0.717) is 4.90 Å². The number of rotatable bonds is 7. The van der Waals surface area contributed by atoms with Crippen LogP contribution in [-0.4, -0.2) is 35.0 Å². The molecule has 2 rings (SSSR count). The van der Waals surface area contributed by atoms with E-state index in [0.717, 1.165) is 19.2 Å². The summed E-state index contributed by atoms with van der Waals surface area (Å²) >= 11 is 0. The van der Waals surface area contributed by atoms with Crippen LogP contribution in [0.25, 0.3) is 0 Å². The number of halogens is 3. The van der Waals surface area contributed by atoms with Crippen LogP contribution < -0.4 is 5.32 Å². The average Bonchev–Trinajstić information content (AvgIpc) is 2.70. The van der Waals surface area contributed by atoms with Crippen LogP contribution in [0.2, 0.25) is 0 Å². The summed E-state index contributed by atoms with van der Waals surface area (Å²) in [5, 5.41) is 2.26. The number of ether oxygens (including phenoxy) is 1. The zero-order valence-corrected chi connectivity index (χ0v) is 15.7. The van der Waals surface area contributed by atoms with Gasteiger partial charge in [0.05, 0.1) is 29.0 Å². The molecule has 5 nitrogen and oxygen atoms in total. The van der Waals surface area contributed by atoms with Gasteiger partial charge in [-0.2, -0.15) is 13.2 Å². The fourth-order valence-electron chi connectivity index (χ4n) is 2.47. The Kier molecular flexibility index (Phi) is 7.33. The fraction of sp³-hybridized carbons (Fsp3) is 0.263. The van der Waals surface area contributed by atoms with Crippen molar-refractivity contribution >= 4 is 22.7 Å². The van der Waals surface area contributed by atoms with Gasteiger partial charge < -0.3 is 10.1 Å². The minimum absolute atomic E-state index is 0.0188. The first kappa shape index (κ1) is 21.6. The lowest BCUT2D eigenvalue weighted by Crippen LogP contribution is -2.43. The Morgan fingerprint density at radius 3 is 2.29 bits per heavy atom. The van der Waals surface area contributed by atoms with E-state index in [1.54, 1.807) is 30.3 Å². The molecule has 0 aliphatic rings. The number of alkyl halides is 3. The molecule has 0 bridgehead atoms. The fourth-order valence-corrected chi connectivity index (χ4v) is 3.62. The van der Waals surface area contributed by atoms with Crippen LogP contribution in [-0.2, 0) is 26.5 Å². The molecular formula is C19H18F3NO4S. The molecule has 28 heavy (non-hydrogen) atoms. The van der Waals surface area contributed by atoms with Crippen molar-refractivity contribution in [2.24, 2.45) is 0 Å². The Bertz CT molecular complexity index is 856. The van der Waals surface area contributed by atoms with E-state index >= 15 is 0 Å². The Morgan fingerprint density at radius 1 is 1.07 bits per heavy atom. The van der Waals surface area contributed by atoms with Crippen LogP contribution in [0.4, 0.5) is 13.2 Å². The number of esters is 1. The van der Waals surface area contributed by atoms with Crippen LogP contribution in [0.5, 0.6) is 0 Å². The van der Waals surface area contributed by atoms with Crippen LogP contribution in [0.15, 0.2) is 59.5 Å². The first-order valence-corrected chi connectivity index (χ1v) is 9.54. The normalized spacial score (nSPS) is 13.4. The smallest absolute Gasteiger partial charge is 0.417 e. The molecule has 0 saturated carbocycles. The van der Waals surface area contributed by atoms with Crippen molar-refractivity contribution in [1.82, 2.24) is 5.32 Å². The van der Waals surface area contributed by atoms with Gasteiger partial charge in [0.15, 0.2) is 0 Å². The summed E-state index contributed by atoms with van der Waals surface area (Å²) in [6.45, 7) is 0. The molecule has 150 valence electrons. The molecule has 0 fully saturated rings. The van der Waals surface area contributed by atoms with Crippen molar-refractivity contribution in [2.45, 2.75) is 23.5 Å². The second-order valence-electron chi connectivity index (χ2n) is 5.74. The van der Waals surface area contributed by atoms with E-state index < -0.39 is 46.0 Å². The van der Waals surface area contributed by atoms with Gasteiger partial charge in [-0.05, 0) is 30.7 Å². The number of carbonyl (C=O) groups is 2. The van der Waals surface area contributed by atoms with Crippen molar-refractivity contribution in [3.05, 3.63) is 65.7 Å². The Hall–Kier alpha value is -2.68. The SMILES string of the molecule is COC(=O)[C@H](CC[S@](=O)c1ccccc1)NC(=O)c1ccccc1C(F)(F)F. The van der Waals surface area contributed by atoms with Gasteiger partial charge in [-0.15, -0.1) is 0 Å². The number of methoxy groups -OCH3 is 1. The molecule has 0 saturated heterocycles. The van der Waals surface area contributed by atoms with Crippen molar-refractivity contribution in [3.8, 4) is 0 Å². The van der Waals surface area contributed by atoms with Gasteiger partial charge in [0.1, 0.15) is 6.04 Å². The summed E-state index contributed by atoms with van der Waals surface area (Å²) in [4.78, 5) is 24.9. The molecule has 0 radical (unpaired) electrons. The van der Waals surface area contributed by atoms with Crippen molar-refractivity contribution in [2.75, 3.05) is 12.9 Å². The molecular weight excluding hydrogens is 395 g/mol. The summed E-state index contributed by atoms with van der Waals surface area (Å²) < 4.78 is 56.2. The average molecular weight is 413 g/mol. The minimum Gasteiger partial charge on any atom is -0.467 e. The van der Waals surface area contributed by atoms with Gasteiger partial charge >= 0.3 is 12.1 Å². The van der Waals surface area contributed by atoms with E-state index in [1.807, 2.05) is 0 Å². The number of hydrogen-bond donors (Lipinski definition) is 1. The van der Waals surface area contributed by atoms with E-state index in [9.17, 15) is 27.0 Å². The second-order valence-corrected chi connectivity index (χ2v) is 7.31. The maximum atomic E-state index is 13.1. The van der Waals surface area contributed by atoms with E-state index in [1.165, 1.54) is 12.1 Å². The van der Waals surface area contributed by atoms with Crippen molar-refractivity contribution < 1.29 is 31.7 Å². The lowest BCUT2D eigenvalue weighted by Gasteiger charge is -2.18. The number of hydrogen-bond acceptors (Lipinski definition) is 4. The van der Waals surface area contributed by atoms with E-state index in [2.05, 4.69) is 10.1 Å². The van der Waals surface area contributed by atoms with Crippen LogP contribution in [0.3, 0.4) is 0 Å². The van der Waals surface area contributed by atoms with E-state index in [4.69, 9.17) is 0 Å². The summed E-state index contributed by atoms with van der Waals surface area (Å²) in [7, 11) is -0.343. The Balaban J connectivity index is 2.14. The van der Waals surface area contributed by atoms with Crippen LogP contribution in [0, 0.1) is 0 Å². The molecule has 1 N–H and O–H groups in total. The zero-order chi connectivity index (χ0) is 20.7. The predicted octanol–water partition coefficient (Wildman–Crippen LogP) is 3.17. The Morgan fingerprint density at radius 2 is 1.68 bits per heavy atom. The third-order valence-corrected chi connectivity index (χ3v) is 5.27. The van der Waals surface area contributed by atoms with Gasteiger partial charge in [-0.1, -0.05) is 30.3 Å². The van der Waals surface area contributed by atoms with Crippen molar-refractivity contribution in [3.63, 3.8) is 0 Å². The van der Waals surface area contributed by atoms with Gasteiger partial charge in [0.2, 0.25) is 0 Å². The quantitative estimate of drug-likeness (QED) is 0.708. The van der Waals surface area contributed by atoms with Gasteiger partial charge in [-0.3, -0.25) is 9.00 Å². The molecule has 0 aliphatic heterocycles. The van der Waals surface area contributed by atoms with Crippen LogP contribution >= 0.6 is 0 Å². The summed E-state index contributed by atoms with van der Waals surface area (Å²) in [5.41, 5.74) is -1.71. The molecule has 0 heterocycles. The molecule has 0 aliphatic carbocycles. The zero-order valence-electron chi connectivity index (χ0n) is 14.9. The first-order chi connectivity index (χ1) is 13.2. The third kappa shape index (κ3) is 5.66. The van der Waals surface area contributed by atoms with E-state index in [-0.39, 0.29) is 12.2 Å². The summed E-state index contributed by atoms with van der Waals surface area (Å²) in [6.07, 6.45) is -4.78. The number of benzene rings is 2.